The van der Waals surface area contributed by atoms with Crippen molar-refractivity contribution in [2.24, 2.45) is 0 Å². The van der Waals surface area contributed by atoms with Crippen molar-refractivity contribution in [2.45, 2.75) is 12.7 Å². The largest absolute Gasteiger partial charge is 0.297 e. The Bertz CT molecular complexity index is 842. The molecule has 0 saturated carbocycles. The van der Waals surface area contributed by atoms with E-state index in [1.165, 1.54) is 5.56 Å². The van der Waals surface area contributed by atoms with Gasteiger partial charge in [-0.25, -0.2) is 13.4 Å². The molecule has 0 aliphatic heterocycles. The number of nitrogens with zero attached hydrogens (tertiary/aromatic N) is 3. The third-order valence-electron chi connectivity index (χ3n) is 3.36. The van der Waals surface area contributed by atoms with Gasteiger partial charge in [0.25, 0.3) is 0 Å². The van der Waals surface area contributed by atoms with Crippen molar-refractivity contribution < 1.29 is 8.42 Å². The third-order valence-corrected chi connectivity index (χ3v) is 3.95. The normalized spacial score (nSPS) is 11.0. The van der Waals surface area contributed by atoms with Crippen LogP contribution in [0.15, 0.2) is 55.1 Å². The summed E-state index contributed by atoms with van der Waals surface area (Å²) in [6.45, 7) is 2.05. The molecule has 0 N–H and O–H groups in total. The molecular weight excluding hydrogens is 298 g/mol. The van der Waals surface area contributed by atoms with Gasteiger partial charge < -0.3 is 0 Å². The van der Waals surface area contributed by atoms with E-state index in [9.17, 15) is 8.42 Å². The average molecular weight is 313 g/mol. The van der Waals surface area contributed by atoms with Crippen LogP contribution in [0.25, 0.3) is 16.9 Å². The Morgan fingerprint density at radius 1 is 1.05 bits per heavy atom. The Hall–Kier alpha value is -2.47. The average Bonchev–Trinajstić information content (AvgIpc) is 2.97. The van der Waals surface area contributed by atoms with Gasteiger partial charge in [-0.05, 0) is 19.1 Å². The second kappa shape index (κ2) is 6.11. The van der Waals surface area contributed by atoms with Crippen LogP contribution in [0.5, 0.6) is 0 Å². The fraction of sp³-hybridized carbons (Fsp3) is 0.125. The topological polar surface area (TPSA) is 64.8 Å². The van der Waals surface area contributed by atoms with Gasteiger partial charge in [-0.3, -0.25) is 9.55 Å². The molecule has 3 aromatic rings. The van der Waals surface area contributed by atoms with Gasteiger partial charge in [0.05, 0.1) is 41.5 Å². The van der Waals surface area contributed by atoms with E-state index in [2.05, 4.69) is 22.1 Å². The molecule has 5 nitrogen and oxygen atoms in total. The van der Waals surface area contributed by atoms with Crippen LogP contribution in [-0.4, -0.2) is 23.0 Å². The first-order chi connectivity index (χ1) is 10.6. The fourth-order valence-electron chi connectivity index (χ4n) is 2.22. The Balaban J connectivity index is 1.96. The first-order valence-corrected chi connectivity index (χ1v) is 8.16. The minimum absolute atomic E-state index is 0.0373. The van der Waals surface area contributed by atoms with E-state index in [1.54, 1.807) is 24.8 Å². The molecular formula is C16H15N3O2S. The summed E-state index contributed by atoms with van der Waals surface area (Å²) in [5, 5.41) is 0. The molecule has 2 heterocycles. The summed E-state index contributed by atoms with van der Waals surface area (Å²) in [5.74, 6) is -0.0373. The number of aromatic nitrogens is 3. The maximum Gasteiger partial charge on any atom is 0.145 e. The molecule has 0 aliphatic carbocycles. The van der Waals surface area contributed by atoms with Gasteiger partial charge in [0.1, 0.15) is 10.7 Å². The van der Waals surface area contributed by atoms with E-state index in [0.717, 1.165) is 16.9 Å². The predicted molar refractivity (Wildman–Crippen MR) is 85.6 cm³/mol. The number of hydrogen-bond acceptors (Lipinski definition) is 4. The Kier molecular flexibility index (Phi) is 4.02. The van der Waals surface area contributed by atoms with E-state index in [1.807, 2.05) is 29.7 Å². The first kappa shape index (κ1) is 14.5. The van der Waals surface area contributed by atoms with Gasteiger partial charge >= 0.3 is 0 Å². The fourth-order valence-corrected chi connectivity index (χ4v) is 2.68. The smallest absolute Gasteiger partial charge is 0.145 e. The molecule has 2 aromatic heterocycles. The maximum atomic E-state index is 10.7. The van der Waals surface area contributed by atoms with Crippen molar-refractivity contribution in [1.29, 1.82) is 0 Å². The molecule has 112 valence electrons. The number of imidazole rings is 1. The summed E-state index contributed by atoms with van der Waals surface area (Å²) in [5.41, 5.74) is 4.61. The van der Waals surface area contributed by atoms with Crippen molar-refractivity contribution >= 4 is 10.7 Å². The lowest BCUT2D eigenvalue weighted by molar-refractivity contribution is 0.613. The first-order valence-electron chi connectivity index (χ1n) is 6.80. The second-order valence-corrected chi connectivity index (χ2v) is 6.00. The van der Waals surface area contributed by atoms with E-state index >= 15 is 0 Å². The molecule has 0 amide bonds. The lowest BCUT2D eigenvalue weighted by Crippen LogP contribution is -1.98. The van der Waals surface area contributed by atoms with E-state index in [-0.39, 0.29) is 5.75 Å². The van der Waals surface area contributed by atoms with E-state index in [4.69, 9.17) is 0 Å². The molecule has 0 fully saturated rings. The molecule has 0 radical (unpaired) electrons. The van der Waals surface area contributed by atoms with Crippen LogP contribution >= 0.6 is 0 Å². The summed E-state index contributed by atoms with van der Waals surface area (Å²) in [4.78, 5) is 8.40. The SMILES string of the molecule is Cc1ccc(-c2cncn2-c2ccc(C[SH](=O)=O)nc2)cc1. The van der Waals surface area contributed by atoms with Crippen molar-refractivity contribution in [3.63, 3.8) is 0 Å². The summed E-state index contributed by atoms with van der Waals surface area (Å²) in [6.07, 6.45) is 5.18. The zero-order chi connectivity index (χ0) is 15.5. The zero-order valence-electron chi connectivity index (χ0n) is 12.0. The van der Waals surface area contributed by atoms with Crippen LogP contribution in [0.4, 0.5) is 0 Å². The van der Waals surface area contributed by atoms with Crippen LogP contribution in [0.3, 0.4) is 0 Å². The molecule has 3 rings (SSSR count). The van der Waals surface area contributed by atoms with Crippen molar-refractivity contribution in [1.82, 2.24) is 14.5 Å². The summed E-state index contributed by atoms with van der Waals surface area (Å²) in [6, 6.07) is 11.8. The minimum Gasteiger partial charge on any atom is -0.297 e. The number of thiol groups is 1. The van der Waals surface area contributed by atoms with Crippen LogP contribution in [-0.2, 0) is 16.5 Å². The van der Waals surface area contributed by atoms with Crippen molar-refractivity contribution in [3.05, 3.63) is 66.4 Å². The zero-order valence-corrected chi connectivity index (χ0v) is 12.9. The Labute approximate surface area is 130 Å². The van der Waals surface area contributed by atoms with Gasteiger partial charge in [0, 0.05) is 5.56 Å². The minimum atomic E-state index is -2.46. The molecule has 0 unspecified atom stereocenters. The predicted octanol–water partition coefficient (Wildman–Crippen LogP) is 2.35. The van der Waals surface area contributed by atoms with Crippen molar-refractivity contribution in [3.8, 4) is 16.9 Å². The highest BCUT2D eigenvalue weighted by Gasteiger charge is 2.07. The van der Waals surface area contributed by atoms with Gasteiger partial charge in [0.2, 0.25) is 0 Å². The molecule has 0 aliphatic rings. The molecule has 0 bridgehead atoms. The van der Waals surface area contributed by atoms with E-state index in [0.29, 0.717) is 5.69 Å². The number of hydrogen-bond donors (Lipinski definition) is 1. The van der Waals surface area contributed by atoms with Gasteiger partial charge in [0.15, 0.2) is 0 Å². The molecule has 6 heteroatoms. The van der Waals surface area contributed by atoms with Crippen LogP contribution in [0.2, 0.25) is 0 Å². The summed E-state index contributed by atoms with van der Waals surface area (Å²) in [7, 11) is -2.46. The second-order valence-electron chi connectivity index (χ2n) is 5.01. The molecule has 0 spiro atoms. The van der Waals surface area contributed by atoms with Gasteiger partial charge in [-0.15, -0.1) is 0 Å². The van der Waals surface area contributed by atoms with Crippen molar-refractivity contribution in [2.75, 3.05) is 0 Å². The van der Waals surface area contributed by atoms with E-state index < -0.39 is 10.7 Å². The molecule has 0 atom stereocenters. The molecule has 1 aromatic carbocycles. The molecule has 0 saturated heterocycles. The summed E-state index contributed by atoms with van der Waals surface area (Å²) < 4.78 is 23.4. The van der Waals surface area contributed by atoms with Gasteiger partial charge in [-0.2, -0.15) is 0 Å². The molecule has 22 heavy (non-hydrogen) atoms. The highest BCUT2D eigenvalue weighted by molar-refractivity contribution is 7.71. The monoisotopic (exact) mass is 313 g/mol. The van der Waals surface area contributed by atoms with Gasteiger partial charge in [-0.1, -0.05) is 29.8 Å². The number of benzene rings is 1. The number of aryl methyl sites for hydroxylation is 1. The maximum absolute atomic E-state index is 10.7. The quantitative estimate of drug-likeness (QED) is 0.751. The highest BCUT2D eigenvalue weighted by Crippen LogP contribution is 2.22. The van der Waals surface area contributed by atoms with Crippen LogP contribution < -0.4 is 0 Å². The lowest BCUT2D eigenvalue weighted by atomic mass is 10.1. The lowest BCUT2D eigenvalue weighted by Gasteiger charge is -2.08. The number of pyridine rings is 1. The summed E-state index contributed by atoms with van der Waals surface area (Å²) >= 11 is 0. The van der Waals surface area contributed by atoms with Crippen LogP contribution in [0, 0.1) is 6.92 Å². The highest BCUT2D eigenvalue weighted by atomic mass is 32.2. The standard InChI is InChI=1S/C16H15N3O2S/c1-12-2-4-13(5-3-12)16-9-17-11-19(16)15-7-6-14(18-8-15)10-22(20)21/h2-9,11,22H,10H2,1H3. The Morgan fingerprint density at radius 2 is 1.82 bits per heavy atom. The number of rotatable bonds is 4. The Morgan fingerprint density at radius 3 is 2.45 bits per heavy atom. The van der Waals surface area contributed by atoms with Crippen LogP contribution in [0.1, 0.15) is 11.3 Å². The third kappa shape index (κ3) is 3.07.